The van der Waals surface area contributed by atoms with Gasteiger partial charge in [0.15, 0.2) is 5.69 Å². The van der Waals surface area contributed by atoms with Crippen molar-refractivity contribution in [1.82, 2.24) is 9.69 Å². The minimum absolute atomic E-state index is 0.0209. The zero-order valence-electron chi connectivity index (χ0n) is 22.2. The fourth-order valence-corrected chi connectivity index (χ4v) is 5.27. The number of primary amides is 1. The van der Waals surface area contributed by atoms with E-state index in [0.717, 1.165) is 35.5 Å². The Hall–Kier alpha value is -3.96. The molecule has 11 heteroatoms. The standard InChI is InChI=1S/C28H33N5O5S/c1-4-37-19-11-9-18(10-12-19)24(27(35)31-15-20-6-5-13-38-20)33(21-14-16(2)7-8-17(21)3)28(36)25-22(29)23(26(30)34)32-39-25/h7-12,14,20,24H,4-6,13,15,29H2,1-3H3,(H2,30,34)(H,31,35)/t20-,24-/m1/s1. The fraction of sp³-hybridized carbons (Fsp3) is 0.357. The monoisotopic (exact) mass is 551 g/mol. The van der Waals surface area contributed by atoms with E-state index >= 15 is 0 Å². The first kappa shape index (κ1) is 28.1. The molecule has 1 aliphatic rings. The quantitative estimate of drug-likeness (QED) is 0.349. The molecule has 2 heterocycles. The van der Waals surface area contributed by atoms with Crippen molar-refractivity contribution in [3.63, 3.8) is 0 Å². The molecule has 0 aliphatic carbocycles. The van der Waals surface area contributed by atoms with Gasteiger partial charge in [-0.1, -0.05) is 24.3 Å². The summed E-state index contributed by atoms with van der Waals surface area (Å²) in [6, 6.07) is 11.6. The summed E-state index contributed by atoms with van der Waals surface area (Å²) >= 11 is 0.774. The maximum Gasteiger partial charge on any atom is 0.273 e. The molecule has 1 fully saturated rings. The number of anilines is 2. The number of ether oxygens (including phenoxy) is 2. The van der Waals surface area contributed by atoms with E-state index in [9.17, 15) is 14.4 Å². The van der Waals surface area contributed by atoms with Crippen molar-refractivity contribution in [2.75, 3.05) is 30.4 Å². The van der Waals surface area contributed by atoms with Gasteiger partial charge in [-0.05, 0) is 80.0 Å². The molecule has 2 atom stereocenters. The lowest BCUT2D eigenvalue weighted by atomic mass is 10.00. The zero-order chi connectivity index (χ0) is 28.1. The van der Waals surface area contributed by atoms with Gasteiger partial charge in [0.2, 0.25) is 5.91 Å². The van der Waals surface area contributed by atoms with Gasteiger partial charge in [0.05, 0.1) is 18.4 Å². The highest BCUT2D eigenvalue weighted by molar-refractivity contribution is 7.09. The molecule has 10 nitrogen and oxygen atoms in total. The molecule has 2 aromatic carbocycles. The second-order valence-electron chi connectivity index (χ2n) is 9.39. The topological polar surface area (TPSA) is 150 Å². The number of nitrogens with one attached hydrogen (secondary N) is 1. The van der Waals surface area contributed by atoms with Crippen LogP contribution in [0.25, 0.3) is 0 Å². The van der Waals surface area contributed by atoms with Crippen LogP contribution in [0.15, 0.2) is 42.5 Å². The fourth-order valence-electron chi connectivity index (χ4n) is 4.53. The largest absolute Gasteiger partial charge is 0.494 e. The SMILES string of the molecule is CCOc1ccc([C@H](C(=O)NC[C@H]2CCCO2)N(C(=O)c2snc(C(N)=O)c2N)c2cc(C)ccc2C)cc1. The predicted molar refractivity (Wildman–Crippen MR) is 150 cm³/mol. The van der Waals surface area contributed by atoms with E-state index in [0.29, 0.717) is 36.8 Å². The Balaban J connectivity index is 1.84. The van der Waals surface area contributed by atoms with Gasteiger partial charge in [0.1, 0.15) is 16.7 Å². The summed E-state index contributed by atoms with van der Waals surface area (Å²) in [7, 11) is 0. The van der Waals surface area contributed by atoms with Gasteiger partial charge in [-0.15, -0.1) is 0 Å². The molecule has 1 aromatic heterocycles. The highest BCUT2D eigenvalue weighted by Gasteiger charge is 2.37. The number of rotatable bonds is 10. The molecular formula is C28H33N5O5S. The van der Waals surface area contributed by atoms with Crippen molar-refractivity contribution >= 4 is 40.6 Å². The van der Waals surface area contributed by atoms with Crippen LogP contribution in [0.5, 0.6) is 5.75 Å². The summed E-state index contributed by atoms with van der Waals surface area (Å²) in [5.41, 5.74) is 14.0. The molecular weight excluding hydrogens is 518 g/mol. The molecule has 5 N–H and O–H groups in total. The van der Waals surface area contributed by atoms with Crippen LogP contribution in [0.2, 0.25) is 0 Å². The molecule has 0 saturated carbocycles. The maximum absolute atomic E-state index is 14.2. The van der Waals surface area contributed by atoms with E-state index < -0.39 is 17.9 Å². The molecule has 206 valence electrons. The first-order valence-electron chi connectivity index (χ1n) is 12.8. The summed E-state index contributed by atoms with van der Waals surface area (Å²) in [5, 5.41) is 2.98. The Kier molecular flexibility index (Phi) is 8.82. The smallest absolute Gasteiger partial charge is 0.273 e. The minimum atomic E-state index is -1.08. The van der Waals surface area contributed by atoms with E-state index in [2.05, 4.69) is 9.69 Å². The zero-order valence-corrected chi connectivity index (χ0v) is 23.0. The van der Waals surface area contributed by atoms with Crippen molar-refractivity contribution < 1.29 is 23.9 Å². The van der Waals surface area contributed by atoms with Crippen LogP contribution in [-0.2, 0) is 9.53 Å². The van der Waals surface area contributed by atoms with Crippen molar-refractivity contribution in [2.45, 2.75) is 45.8 Å². The van der Waals surface area contributed by atoms with E-state index in [1.807, 2.05) is 39.0 Å². The summed E-state index contributed by atoms with van der Waals surface area (Å²) in [5.74, 6) is -1.15. The summed E-state index contributed by atoms with van der Waals surface area (Å²) in [6.45, 7) is 7.11. The number of benzene rings is 2. The number of nitrogens with zero attached hydrogens (tertiary/aromatic N) is 2. The van der Waals surface area contributed by atoms with E-state index in [1.54, 1.807) is 24.3 Å². The van der Waals surface area contributed by atoms with E-state index in [1.165, 1.54) is 4.90 Å². The third kappa shape index (κ3) is 6.21. The van der Waals surface area contributed by atoms with Crippen molar-refractivity contribution in [3.8, 4) is 5.75 Å². The molecule has 0 radical (unpaired) electrons. The molecule has 1 aliphatic heterocycles. The number of aryl methyl sites for hydroxylation is 2. The Morgan fingerprint density at radius 2 is 1.95 bits per heavy atom. The molecule has 39 heavy (non-hydrogen) atoms. The Bertz CT molecular complexity index is 1350. The number of carbonyl (C=O) groups is 3. The lowest BCUT2D eigenvalue weighted by molar-refractivity contribution is -0.123. The average molecular weight is 552 g/mol. The Morgan fingerprint density at radius 3 is 2.56 bits per heavy atom. The third-order valence-electron chi connectivity index (χ3n) is 6.54. The second kappa shape index (κ2) is 12.3. The summed E-state index contributed by atoms with van der Waals surface area (Å²) in [4.78, 5) is 41.5. The second-order valence-corrected chi connectivity index (χ2v) is 10.2. The number of amides is 3. The first-order valence-corrected chi connectivity index (χ1v) is 13.6. The third-order valence-corrected chi connectivity index (χ3v) is 7.39. The lowest BCUT2D eigenvalue weighted by Gasteiger charge is -2.33. The van der Waals surface area contributed by atoms with Gasteiger partial charge in [-0.25, -0.2) is 0 Å². The van der Waals surface area contributed by atoms with Gasteiger partial charge < -0.3 is 26.3 Å². The number of nitrogens with two attached hydrogens (primary N) is 2. The van der Waals surface area contributed by atoms with Crippen LogP contribution in [0.4, 0.5) is 11.4 Å². The number of hydrogen-bond donors (Lipinski definition) is 3. The molecule has 1 saturated heterocycles. The van der Waals surface area contributed by atoms with E-state index in [4.69, 9.17) is 20.9 Å². The molecule has 4 rings (SSSR count). The number of hydrogen-bond acceptors (Lipinski definition) is 8. The molecule has 3 amide bonds. The highest BCUT2D eigenvalue weighted by Crippen LogP contribution is 2.36. The van der Waals surface area contributed by atoms with Gasteiger partial charge in [0, 0.05) is 18.8 Å². The number of carbonyl (C=O) groups excluding carboxylic acids is 3. The maximum atomic E-state index is 14.2. The molecule has 0 unspecified atom stereocenters. The van der Waals surface area contributed by atoms with Gasteiger partial charge in [0.25, 0.3) is 11.8 Å². The van der Waals surface area contributed by atoms with Gasteiger partial charge in [-0.2, -0.15) is 4.37 Å². The van der Waals surface area contributed by atoms with Gasteiger partial charge in [-0.3, -0.25) is 19.3 Å². The van der Waals surface area contributed by atoms with Gasteiger partial charge >= 0.3 is 0 Å². The van der Waals surface area contributed by atoms with Crippen molar-refractivity contribution in [3.05, 3.63) is 69.7 Å². The Morgan fingerprint density at radius 1 is 1.21 bits per heavy atom. The van der Waals surface area contributed by atoms with Crippen LogP contribution in [0.1, 0.15) is 62.7 Å². The first-order chi connectivity index (χ1) is 18.7. The average Bonchev–Trinajstić information content (AvgIpc) is 3.57. The van der Waals surface area contributed by atoms with Crippen molar-refractivity contribution in [1.29, 1.82) is 0 Å². The number of nitrogen functional groups attached to an aromatic ring is 1. The predicted octanol–water partition coefficient (Wildman–Crippen LogP) is 3.52. The molecule has 0 spiro atoms. The number of aromatic nitrogens is 1. The lowest BCUT2D eigenvalue weighted by Crippen LogP contribution is -2.46. The highest BCUT2D eigenvalue weighted by atomic mass is 32.1. The van der Waals surface area contributed by atoms with E-state index in [-0.39, 0.29) is 28.3 Å². The molecule has 0 bridgehead atoms. The van der Waals surface area contributed by atoms with Crippen molar-refractivity contribution in [2.24, 2.45) is 5.73 Å². The van der Waals surface area contributed by atoms with Crippen LogP contribution in [-0.4, -0.2) is 48.0 Å². The molecule has 3 aromatic rings. The normalized spacial score (nSPS) is 15.5. The summed E-state index contributed by atoms with van der Waals surface area (Å²) < 4.78 is 15.3. The van der Waals surface area contributed by atoms with Crippen LogP contribution < -0.4 is 26.4 Å². The van der Waals surface area contributed by atoms with Crippen LogP contribution >= 0.6 is 11.5 Å². The minimum Gasteiger partial charge on any atom is -0.494 e. The van der Waals surface area contributed by atoms with Crippen LogP contribution in [0.3, 0.4) is 0 Å². The summed E-state index contributed by atoms with van der Waals surface area (Å²) in [6.07, 6.45) is 1.69. The van der Waals surface area contributed by atoms with Crippen LogP contribution in [0, 0.1) is 13.8 Å². The Labute approximate surface area is 231 Å².